The van der Waals surface area contributed by atoms with E-state index in [-0.39, 0.29) is 64.4 Å². The number of halogens is 11. The molecule has 4 saturated heterocycles. The second kappa shape index (κ2) is 32.0. The van der Waals surface area contributed by atoms with Crippen molar-refractivity contribution >= 4 is 57.4 Å². The third kappa shape index (κ3) is 19.4. The highest BCUT2D eigenvalue weighted by molar-refractivity contribution is 6.72. The number of nitrogens with zero attached hydrogens (tertiary/aromatic N) is 1. The van der Waals surface area contributed by atoms with Gasteiger partial charge in [0.15, 0.2) is 5.78 Å². The highest BCUT2D eigenvalue weighted by Gasteiger charge is 2.56. The van der Waals surface area contributed by atoms with Crippen molar-refractivity contribution in [3.63, 3.8) is 0 Å². The van der Waals surface area contributed by atoms with E-state index in [1.807, 2.05) is 81.1 Å². The minimum atomic E-state index is -4.93. The van der Waals surface area contributed by atoms with E-state index in [1.54, 1.807) is 13.0 Å². The Bertz CT molecular complexity index is 2790. The largest absolute Gasteiger partial charge is 0.453 e. The van der Waals surface area contributed by atoms with Gasteiger partial charge in [0.25, 0.3) is 0 Å². The molecule has 0 amide bonds. The number of aliphatic hydroxyl groups is 2. The van der Waals surface area contributed by atoms with Gasteiger partial charge in [0.2, 0.25) is 0 Å². The summed E-state index contributed by atoms with van der Waals surface area (Å²) in [4.78, 5) is 13.4. The van der Waals surface area contributed by atoms with E-state index in [2.05, 4.69) is 77.6 Å². The van der Waals surface area contributed by atoms with Crippen LogP contribution < -0.4 is 5.32 Å². The van der Waals surface area contributed by atoms with Crippen LogP contribution in [0.5, 0.6) is 0 Å². The molecule has 24 heteroatoms. The number of carbonyl (C=O) groups excluding carboxylic acids is 1. The zero-order valence-electron chi connectivity index (χ0n) is 47.0. The molecule has 0 bridgehead atoms. The molecule has 0 saturated carbocycles. The number of Topliss-reactive ketones (excluding diaryl/α,β-unsaturated/α-hetero) is 1. The number of hydrogen-bond donors (Lipinski definition) is 3. The Hall–Kier alpha value is -5.12. The van der Waals surface area contributed by atoms with E-state index in [0.29, 0.717) is 23.7 Å². The molecule has 10 rings (SSSR count). The lowest BCUT2D eigenvalue weighted by atomic mass is 9.74. The predicted octanol–water partition coefficient (Wildman–Crippen LogP) is 15.7. The molecule has 0 aliphatic carbocycles. The van der Waals surface area contributed by atoms with Crippen molar-refractivity contribution in [3.8, 4) is 0 Å². The normalized spacial score (nSPS) is 17.9. The number of fused-ring (bicyclic) bond motifs is 1. The molecular weight excluding hydrogens is 1150 g/mol. The van der Waals surface area contributed by atoms with Crippen LogP contribution in [0.15, 0.2) is 158 Å². The number of aliphatic hydroxyl groups excluding tert-OH is 1. The van der Waals surface area contributed by atoms with Gasteiger partial charge in [0.05, 0.1) is 28.1 Å². The molecule has 4 aliphatic rings. The molecule has 452 valence electrons. The van der Waals surface area contributed by atoms with Crippen molar-refractivity contribution < 1.29 is 72.9 Å². The Morgan fingerprint density at radius 1 is 0.643 bits per heavy atom. The van der Waals surface area contributed by atoms with Crippen molar-refractivity contribution in [1.82, 2.24) is 10.1 Å². The van der Waals surface area contributed by atoms with Gasteiger partial charge in [-0.15, -0.1) is 23.2 Å². The number of ketones is 1. The second-order valence-electron chi connectivity index (χ2n) is 20.1. The highest BCUT2D eigenvalue weighted by atomic mass is 35.5. The van der Waals surface area contributed by atoms with Crippen LogP contribution in [0.2, 0.25) is 27.3 Å². The fourth-order valence-electron chi connectivity index (χ4n) is 10.4. The zero-order chi connectivity index (χ0) is 61.3. The van der Waals surface area contributed by atoms with Crippen LogP contribution in [0.3, 0.4) is 0 Å². The standard InChI is InChI=1S/C18H20BNO.C17H19NO.C10H6F6O.C10H11F3O.C3H9B3O3.CH2Cl2.CH4/c1-19-20-14-8-13-17(20)18(21-19,15-9-4-2-5-10-15)16-11-6-3-7-12-16;19-17(16-12-7-13-18-16,14-8-3-1-4-9-14)15-10-5-2-6-11-15;1-5(17)6-2-7(9(11,12)13)4-8(3-6)10(14,15)16;1-6-3-8(7(2)14)5-9(4-6)10(11,12)13;1-4-7-5(2)9-6(3)8-4;2-1-3;/h2-7,9-12,17H,8,13-14H2,1H3;1-6,8-11,16,18-19H,7,12-13H2;2-4H,1H3;3-5,7,14H,1-2H3;1-3H3;1H2;1H4/t17-;16-;;7-;;;/m00.1.../s1. The maximum Gasteiger partial charge on any atom is 0.426 e. The average Bonchev–Trinajstić information content (AvgIpc) is 3.52. The highest BCUT2D eigenvalue weighted by Crippen LogP contribution is 2.49. The monoisotopic (exact) mass is 1220 g/mol. The van der Waals surface area contributed by atoms with Crippen LogP contribution >= 0.6 is 23.2 Å². The molecule has 4 aliphatic heterocycles. The van der Waals surface area contributed by atoms with Gasteiger partial charge in [-0.3, -0.25) is 4.79 Å². The second-order valence-corrected chi connectivity index (χ2v) is 20.9. The van der Waals surface area contributed by atoms with Gasteiger partial charge < -0.3 is 38.7 Å². The topological polar surface area (TPSA) is 110 Å². The fraction of sp³-hybridized carbons (Fsp3) is 0.383. The Labute approximate surface area is 499 Å². The summed E-state index contributed by atoms with van der Waals surface area (Å²) in [6.07, 6.45) is -10.5. The van der Waals surface area contributed by atoms with Crippen LogP contribution in [0.1, 0.15) is 113 Å². The Kier molecular flexibility index (Phi) is 27.2. The first-order valence-corrected chi connectivity index (χ1v) is 28.0. The summed E-state index contributed by atoms with van der Waals surface area (Å²) in [5.41, 5.74) is -0.322. The number of carbonyl (C=O) groups is 1. The smallest absolute Gasteiger partial charge is 0.426 e. The Balaban J connectivity index is 0.000000227. The number of aryl methyl sites for hydroxylation is 1. The minimum absolute atomic E-state index is 0. The first-order chi connectivity index (χ1) is 39.1. The van der Waals surface area contributed by atoms with E-state index >= 15 is 0 Å². The molecule has 0 spiro atoms. The van der Waals surface area contributed by atoms with Crippen LogP contribution in [-0.4, -0.2) is 79.7 Å². The molecule has 6 aromatic rings. The van der Waals surface area contributed by atoms with Crippen molar-refractivity contribution in [2.75, 3.05) is 18.4 Å². The summed E-state index contributed by atoms with van der Waals surface area (Å²) in [6.45, 7) is 13.8. The summed E-state index contributed by atoms with van der Waals surface area (Å²) in [5, 5.41) is 24.2. The lowest BCUT2D eigenvalue weighted by Gasteiger charge is -2.36. The fourth-order valence-corrected chi connectivity index (χ4v) is 10.4. The number of benzene rings is 6. The van der Waals surface area contributed by atoms with Crippen LogP contribution in [0.4, 0.5) is 39.5 Å². The van der Waals surface area contributed by atoms with Crippen LogP contribution in [-0.2, 0) is 48.1 Å². The van der Waals surface area contributed by atoms with E-state index in [1.165, 1.54) is 30.9 Å². The third-order valence-electron chi connectivity index (χ3n) is 14.0. The Morgan fingerprint density at radius 2 is 1.05 bits per heavy atom. The first-order valence-electron chi connectivity index (χ1n) is 26.9. The quantitative estimate of drug-likeness (QED) is 0.0623. The zero-order valence-corrected chi connectivity index (χ0v) is 48.6. The van der Waals surface area contributed by atoms with Crippen LogP contribution in [0, 0.1) is 6.92 Å². The van der Waals surface area contributed by atoms with Gasteiger partial charge >= 0.3 is 46.9 Å². The number of nitrogens with one attached hydrogen (secondary N) is 1. The number of alkyl halides is 11. The van der Waals surface area contributed by atoms with Crippen LogP contribution in [0.25, 0.3) is 0 Å². The van der Waals surface area contributed by atoms with E-state index in [0.717, 1.165) is 56.1 Å². The van der Waals surface area contributed by atoms with Crippen molar-refractivity contribution in [2.24, 2.45) is 0 Å². The first kappa shape index (κ1) is 71.4. The molecule has 0 unspecified atom stereocenters. The third-order valence-corrected chi connectivity index (χ3v) is 14.0. The molecule has 9 nitrogen and oxygen atoms in total. The van der Waals surface area contributed by atoms with Gasteiger partial charge in [-0.2, -0.15) is 39.5 Å². The van der Waals surface area contributed by atoms with E-state index in [4.69, 9.17) is 41.6 Å². The molecule has 0 radical (unpaired) electrons. The van der Waals surface area contributed by atoms with E-state index in [9.17, 15) is 54.5 Å². The average molecular weight is 1220 g/mol. The maximum absolute atomic E-state index is 12.3. The molecule has 84 heavy (non-hydrogen) atoms. The van der Waals surface area contributed by atoms with Gasteiger partial charge in [0, 0.05) is 17.6 Å². The summed E-state index contributed by atoms with van der Waals surface area (Å²) >= 11 is 9.53. The molecule has 3 N–H and O–H groups in total. The molecular formula is C60H71B4Cl2F9N2O7. The minimum Gasteiger partial charge on any atom is -0.453 e. The maximum atomic E-state index is 12.3. The predicted molar refractivity (Wildman–Crippen MR) is 318 cm³/mol. The summed E-state index contributed by atoms with van der Waals surface area (Å²) in [7, 11) is -0.228. The molecule has 4 fully saturated rings. The molecule has 6 aromatic carbocycles. The van der Waals surface area contributed by atoms with Gasteiger partial charge in [-0.25, -0.2) is 0 Å². The lowest BCUT2D eigenvalue weighted by molar-refractivity contribution is -0.143. The van der Waals surface area contributed by atoms with Gasteiger partial charge in [-0.1, -0.05) is 140 Å². The van der Waals surface area contributed by atoms with Crippen molar-refractivity contribution in [1.29, 1.82) is 0 Å². The van der Waals surface area contributed by atoms with Crippen molar-refractivity contribution in [2.45, 2.75) is 129 Å². The van der Waals surface area contributed by atoms with Gasteiger partial charge in [-0.05, 0) is 145 Å². The summed E-state index contributed by atoms with van der Waals surface area (Å²) in [6, 6.07) is 46.3. The van der Waals surface area contributed by atoms with Gasteiger partial charge in [0.1, 0.15) is 11.2 Å². The van der Waals surface area contributed by atoms with E-state index < -0.39 is 58.3 Å². The summed E-state index contributed by atoms with van der Waals surface area (Å²) in [5.74, 6) is -0.860. The molecule has 0 aromatic heterocycles. The number of hydrogen-bond acceptors (Lipinski definition) is 9. The number of rotatable bonds is 7. The van der Waals surface area contributed by atoms with Crippen molar-refractivity contribution in [3.05, 3.63) is 213 Å². The Morgan fingerprint density at radius 3 is 1.42 bits per heavy atom. The molecule has 3 atom stereocenters. The summed E-state index contributed by atoms with van der Waals surface area (Å²) < 4.78 is 133. The SMILES string of the molecule is C.CB1OB(C)OB(C)O1.CB1OC(c2ccccc2)(c2ccccc2)[C@@H]2CCCN12.CC(=O)c1cc(C(F)(F)F)cc(C(F)(F)F)c1.Cc1cc([C@@H](C)O)cc(C(F)(F)F)c1.ClCCl.OC(c1ccccc1)(c1ccccc1)[C@@H]1CCCN1. The molecule has 4 heterocycles. The lowest BCUT2D eigenvalue weighted by Crippen LogP contribution is -2.46.